The van der Waals surface area contributed by atoms with Gasteiger partial charge in [-0.05, 0) is 64.0 Å². The molecule has 2 rings (SSSR count). The molecule has 1 aliphatic heterocycles. The van der Waals surface area contributed by atoms with E-state index in [-0.39, 0.29) is 6.04 Å². The van der Waals surface area contributed by atoms with Gasteiger partial charge in [0.25, 0.3) is 0 Å². The molecule has 0 aliphatic carbocycles. The molecule has 0 fully saturated rings. The quantitative estimate of drug-likeness (QED) is 0.728. The molecule has 7 heteroatoms. The highest BCUT2D eigenvalue weighted by Crippen LogP contribution is 2.41. The Labute approximate surface area is 152 Å². The molecule has 0 radical (unpaired) electrons. The van der Waals surface area contributed by atoms with Gasteiger partial charge in [-0.2, -0.15) is 13.2 Å². The third-order valence-corrected chi connectivity index (χ3v) is 4.50. The summed E-state index contributed by atoms with van der Waals surface area (Å²) in [5.41, 5.74) is -0.339. The second-order valence-corrected chi connectivity index (χ2v) is 7.43. The van der Waals surface area contributed by atoms with Crippen molar-refractivity contribution in [2.45, 2.75) is 58.9 Å². The third-order valence-electron chi connectivity index (χ3n) is 4.50. The monoisotopic (exact) mass is 372 g/mol. The molecule has 1 unspecified atom stereocenters. The number of carbonyl (C=O) groups is 1. The number of anilines is 1. The molecule has 146 valence electrons. The van der Waals surface area contributed by atoms with Crippen molar-refractivity contribution in [3.8, 4) is 0 Å². The lowest BCUT2D eigenvalue weighted by atomic mass is 9.93. The van der Waals surface area contributed by atoms with Gasteiger partial charge in [0.05, 0.1) is 11.3 Å². The highest BCUT2D eigenvalue weighted by Gasteiger charge is 2.37. The largest absolute Gasteiger partial charge is 0.443 e. The van der Waals surface area contributed by atoms with E-state index in [2.05, 4.69) is 4.90 Å². The Hall–Kier alpha value is -1.76. The number of halogens is 3. The number of hydrogen-bond donors (Lipinski definition) is 0. The lowest BCUT2D eigenvalue weighted by molar-refractivity contribution is -0.137. The van der Waals surface area contributed by atoms with E-state index < -0.39 is 23.4 Å². The topological polar surface area (TPSA) is 32.8 Å². The molecule has 0 spiro atoms. The second kappa shape index (κ2) is 7.47. The molecular weight excluding hydrogens is 345 g/mol. The van der Waals surface area contributed by atoms with Gasteiger partial charge < -0.3 is 4.74 Å². The van der Waals surface area contributed by atoms with Crippen LogP contribution in [-0.2, 0) is 10.9 Å². The second-order valence-electron chi connectivity index (χ2n) is 7.43. The zero-order valence-corrected chi connectivity index (χ0v) is 16.0. The number of hydrogen-bond acceptors (Lipinski definition) is 3. The molecule has 1 aliphatic rings. The van der Waals surface area contributed by atoms with Crippen LogP contribution in [0.1, 0.15) is 58.2 Å². The fourth-order valence-corrected chi connectivity index (χ4v) is 3.32. The molecule has 0 saturated carbocycles. The summed E-state index contributed by atoms with van der Waals surface area (Å²) in [5, 5.41) is 0. The van der Waals surface area contributed by atoms with Crippen LogP contribution in [0.15, 0.2) is 18.2 Å². The van der Waals surface area contributed by atoms with Crippen molar-refractivity contribution in [1.29, 1.82) is 0 Å². The van der Waals surface area contributed by atoms with E-state index in [1.54, 1.807) is 20.8 Å². The van der Waals surface area contributed by atoms with Gasteiger partial charge in [0, 0.05) is 12.6 Å². The first kappa shape index (κ1) is 20.6. The predicted octanol–water partition coefficient (Wildman–Crippen LogP) is 5.23. The number of ether oxygens (including phenoxy) is 1. The van der Waals surface area contributed by atoms with Crippen molar-refractivity contribution in [2.24, 2.45) is 0 Å². The summed E-state index contributed by atoms with van der Waals surface area (Å²) in [6.07, 6.45) is -4.39. The zero-order chi connectivity index (χ0) is 19.7. The van der Waals surface area contributed by atoms with Gasteiger partial charge in [-0.25, -0.2) is 4.79 Å². The minimum absolute atomic E-state index is 0.152. The lowest BCUT2D eigenvalue weighted by Gasteiger charge is -2.40. The number of carbonyl (C=O) groups excluding carboxylic acids is 1. The smallest absolute Gasteiger partial charge is 0.416 e. The molecule has 4 nitrogen and oxygen atoms in total. The SMILES string of the molecule is CCN(CC)C1CCN(C(=O)OC(C)(C)C)c2ccc(C(F)(F)F)cc21. The third kappa shape index (κ3) is 4.50. The van der Waals surface area contributed by atoms with Crippen LogP contribution in [0.5, 0.6) is 0 Å². The van der Waals surface area contributed by atoms with E-state index >= 15 is 0 Å². The summed E-state index contributed by atoms with van der Waals surface area (Å²) in [7, 11) is 0. The first-order valence-corrected chi connectivity index (χ1v) is 8.93. The average Bonchev–Trinajstić information content (AvgIpc) is 2.53. The van der Waals surface area contributed by atoms with Crippen LogP contribution in [0.4, 0.5) is 23.7 Å². The van der Waals surface area contributed by atoms with Gasteiger partial charge >= 0.3 is 12.3 Å². The van der Waals surface area contributed by atoms with Crippen LogP contribution in [0.2, 0.25) is 0 Å². The Morgan fingerprint density at radius 2 is 1.85 bits per heavy atom. The van der Waals surface area contributed by atoms with Gasteiger partial charge in [0.2, 0.25) is 0 Å². The van der Waals surface area contributed by atoms with Crippen LogP contribution in [0.3, 0.4) is 0 Å². The van der Waals surface area contributed by atoms with Gasteiger partial charge in [0.1, 0.15) is 5.60 Å². The number of benzene rings is 1. The molecule has 1 aromatic carbocycles. The van der Waals surface area contributed by atoms with E-state index in [1.807, 2.05) is 13.8 Å². The Morgan fingerprint density at radius 3 is 2.35 bits per heavy atom. The van der Waals surface area contributed by atoms with Crippen molar-refractivity contribution in [1.82, 2.24) is 4.90 Å². The molecule has 1 atom stereocenters. The fraction of sp³-hybridized carbons (Fsp3) is 0.632. The van der Waals surface area contributed by atoms with Crippen LogP contribution in [-0.4, -0.2) is 36.2 Å². The van der Waals surface area contributed by atoms with Crippen molar-refractivity contribution in [3.63, 3.8) is 0 Å². The van der Waals surface area contributed by atoms with Crippen molar-refractivity contribution < 1.29 is 22.7 Å². The summed E-state index contributed by atoms with van der Waals surface area (Å²) in [6, 6.07) is 3.44. The van der Waals surface area contributed by atoms with E-state index in [9.17, 15) is 18.0 Å². The Kier molecular flexibility index (Phi) is 5.90. The Morgan fingerprint density at radius 1 is 1.23 bits per heavy atom. The highest BCUT2D eigenvalue weighted by molar-refractivity contribution is 5.89. The fourth-order valence-electron chi connectivity index (χ4n) is 3.32. The molecule has 1 aromatic rings. The molecular formula is C19H27F3N2O2. The Balaban J connectivity index is 2.48. The van der Waals surface area contributed by atoms with Crippen LogP contribution in [0, 0.1) is 0 Å². The van der Waals surface area contributed by atoms with E-state index in [0.717, 1.165) is 19.2 Å². The molecule has 0 N–H and O–H groups in total. The first-order chi connectivity index (χ1) is 12.0. The summed E-state index contributed by atoms with van der Waals surface area (Å²) in [6.45, 7) is 11.1. The average molecular weight is 372 g/mol. The number of fused-ring (bicyclic) bond motifs is 1. The normalized spacial score (nSPS) is 18.0. The first-order valence-electron chi connectivity index (χ1n) is 8.93. The number of rotatable bonds is 3. The van der Waals surface area contributed by atoms with E-state index in [1.165, 1.54) is 17.0 Å². The maximum absolute atomic E-state index is 13.2. The van der Waals surface area contributed by atoms with Gasteiger partial charge in [0.15, 0.2) is 0 Å². The van der Waals surface area contributed by atoms with Crippen molar-refractivity contribution in [3.05, 3.63) is 29.3 Å². The van der Waals surface area contributed by atoms with Crippen molar-refractivity contribution >= 4 is 11.8 Å². The maximum atomic E-state index is 13.2. The summed E-state index contributed by atoms with van der Waals surface area (Å²) < 4.78 is 45.1. The summed E-state index contributed by atoms with van der Waals surface area (Å²) in [5.74, 6) is 0. The molecule has 0 bridgehead atoms. The Bertz CT molecular complexity index is 649. The van der Waals surface area contributed by atoms with Gasteiger partial charge in [-0.1, -0.05) is 13.8 Å². The number of alkyl halides is 3. The maximum Gasteiger partial charge on any atom is 0.416 e. The molecule has 1 amide bonds. The van der Waals surface area contributed by atoms with Crippen LogP contribution < -0.4 is 4.90 Å². The van der Waals surface area contributed by atoms with Crippen LogP contribution in [0.25, 0.3) is 0 Å². The summed E-state index contributed by atoms with van der Waals surface area (Å²) in [4.78, 5) is 16.1. The van der Waals surface area contributed by atoms with Crippen molar-refractivity contribution in [2.75, 3.05) is 24.5 Å². The van der Waals surface area contributed by atoms with Crippen LogP contribution >= 0.6 is 0 Å². The lowest BCUT2D eigenvalue weighted by Crippen LogP contribution is -2.43. The minimum atomic E-state index is -4.42. The van der Waals surface area contributed by atoms with Gasteiger partial charge in [-0.15, -0.1) is 0 Å². The molecule has 0 aromatic heterocycles. The summed E-state index contributed by atoms with van der Waals surface area (Å²) >= 11 is 0. The van der Waals surface area contributed by atoms with E-state index in [4.69, 9.17) is 4.74 Å². The number of amides is 1. The molecule has 26 heavy (non-hydrogen) atoms. The van der Waals surface area contributed by atoms with E-state index in [0.29, 0.717) is 24.2 Å². The van der Waals surface area contributed by atoms with Gasteiger partial charge in [-0.3, -0.25) is 9.80 Å². The standard InChI is InChI=1S/C19H27F3N2O2/c1-6-23(7-2)15-10-11-24(17(25)26-18(3,4)5)16-9-8-13(12-14(15)16)19(20,21)22/h8-9,12,15H,6-7,10-11H2,1-5H3. The zero-order valence-electron chi connectivity index (χ0n) is 16.0. The predicted molar refractivity (Wildman–Crippen MR) is 95.3 cm³/mol. The minimum Gasteiger partial charge on any atom is -0.443 e. The molecule has 1 heterocycles. The molecule has 0 saturated heterocycles. The number of nitrogens with zero attached hydrogens (tertiary/aromatic N) is 2. The highest BCUT2D eigenvalue weighted by atomic mass is 19.4.